The van der Waals surface area contributed by atoms with E-state index in [0.717, 1.165) is 5.92 Å². The van der Waals surface area contributed by atoms with Crippen molar-refractivity contribution < 1.29 is 0 Å². The Kier molecular flexibility index (Phi) is 4.26. The molecule has 0 bridgehead atoms. The van der Waals surface area contributed by atoms with Gasteiger partial charge in [0.15, 0.2) is 0 Å². The summed E-state index contributed by atoms with van der Waals surface area (Å²) in [6.07, 6.45) is 7.04. The minimum absolute atomic E-state index is 0.513. The Morgan fingerprint density at radius 2 is 1.69 bits per heavy atom. The van der Waals surface area contributed by atoms with Gasteiger partial charge < -0.3 is 10.2 Å². The summed E-state index contributed by atoms with van der Waals surface area (Å²) in [5.74, 6) is 0.927. The molecular weight excluding hydrogens is 196 g/mol. The Morgan fingerprint density at radius 1 is 1.06 bits per heavy atom. The van der Waals surface area contributed by atoms with E-state index in [2.05, 4.69) is 24.1 Å². The van der Waals surface area contributed by atoms with Crippen molar-refractivity contribution in [3.05, 3.63) is 0 Å². The van der Waals surface area contributed by atoms with Crippen LogP contribution in [0.25, 0.3) is 0 Å². The molecule has 0 saturated carbocycles. The van der Waals surface area contributed by atoms with E-state index in [0.29, 0.717) is 5.41 Å². The molecule has 0 aromatic carbocycles. The SMILES string of the molecule is CC(C)(CN1CCCCC1)C1CCNCC1. The zero-order chi connectivity index (χ0) is 11.4. The number of hydrogen-bond acceptors (Lipinski definition) is 2. The highest BCUT2D eigenvalue weighted by Crippen LogP contribution is 2.34. The summed E-state index contributed by atoms with van der Waals surface area (Å²) in [7, 11) is 0. The van der Waals surface area contributed by atoms with E-state index in [1.54, 1.807) is 0 Å². The maximum atomic E-state index is 3.48. The average molecular weight is 224 g/mol. The molecular formula is C14H28N2. The molecule has 0 aromatic heterocycles. The van der Waals surface area contributed by atoms with Gasteiger partial charge in [-0.2, -0.15) is 0 Å². The van der Waals surface area contributed by atoms with Crippen molar-refractivity contribution in [1.82, 2.24) is 10.2 Å². The quantitative estimate of drug-likeness (QED) is 0.792. The van der Waals surface area contributed by atoms with Crippen LogP contribution in [-0.2, 0) is 0 Å². The van der Waals surface area contributed by atoms with E-state index < -0.39 is 0 Å². The van der Waals surface area contributed by atoms with Crippen LogP contribution < -0.4 is 5.32 Å². The van der Waals surface area contributed by atoms with Crippen LogP contribution >= 0.6 is 0 Å². The summed E-state index contributed by atoms with van der Waals surface area (Å²) in [6.45, 7) is 11.4. The molecule has 2 fully saturated rings. The first-order chi connectivity index (χ1) is 7.68. The van der Waals surface area contributed by atoms with Gasteiger partial charge in [0, 0.05) is 6.54 Å². The van der Waals surface area contributed by atoms with Gasteiger partial charge in [0.05, 0.1) is 0 Å². The molecule has 2 nitrogen and oxygen atoms in total. The summed E-state index contributed by atoms with van der Waals surface area (Å²) in [5.41, 5.74) is 0.513. The maximum Gasteiger partial charge on any atom is 0.00353 e. The number of piperidine rings is 2. The first-order valence-electron chi connectivity index (χ1n) is 7.11. The Bertz CT molecular complexity index is 201. The number of rotatable bonds is 3. The highest BCUT2D eigenvalue weighted by Gasteiger charge is 2.32. The van der Waals surface area contributed by atoms with Gasteiger partial charge in [0.25, 0.3) is 0 Å². The standard InChI is InChI=1S/C14H28N2/c1-14(2,13-6-8-15-9-7-13)12-16-10-4-3-5-11-16/h13,15H,3-12H2,1-2H3. The van der Waals surface area contributed by atoms with Crippen molar-refractivity contribution in [2.75, 3.05) is 32.7 Å². The molecule has 1 N–H and O–H groups in total. The number of nitrogens with one attached hydrogen (secondary N) is 1. The monoisotopic (exact) mass is 224 g/mol. The first kappa shape index (κ1) is 12.4. The molecule has 16 heavy (non-hydrogen) atoms. The molecule has 0 aliphatic carbocycles. The lowest BCUT2D eigenvalue weighted by molar-refractivity contribution is 0.0859. The molecule has 2 rings (SSSR count). The smallest absolute Gasteiger partial charge is 0.00353 e. The lowest BCUT2D eigenvalue weighted by Gasteiger charge is -2.41. The third kappa shape index (κ3) is 3.21. The Morgan fingerprint density at radius 3 is 2.31 bits per heavy atom. The molecule has 2 aliphatic rings. The zero-order valence-electron chi connectivity index (χ0n) is 11.1. The van der Waals surface area contributed by atoms with E-state index in [-0.39, 0.29) is 0 Å². The van der Waals surface area contributed by atoms with Gasteiger partial charge >= 0.3 is 0 Å². The van der Waals surface area contributed by atoms with Gasteiger partial charge in [-0.15, -0.1) is 0 Å². The Labute approximate surface area is 101 Å². The van der Waals surface area contributed by atoms with Crippen molar-refractivity contribution in [3.8, 4) is 0 Å². The van der Waals surface area contributed by atoms with Crippen molar-refractivity contribution in [3.63, 3.8) is 0 Å². The predicted molar refractivity (Wildman–Crippen MR) is 69.7 cm³/mol. The second-order valence-electron chi connectivity index (χ2n) is 6.35. The van der Waals surface area contributed by atoms with E-state index in [1.807, 2.05) is 0 Å². The number of likely N-dealkylation sites (tertiary alicyclic amines) is 1. The number of hydrogen-bond donors (Lipinski definition) is 1. The van der Waals surface area contributed by atoms with E-state index >= 15 is 0 Å². The van der Waals surface area contributed by atoms with Gasteiger partial charge in [-0.1, -0.05) is 20.3 Å². The summed E-state index contributed by atoms with van der Waals surface area (Å²) >= 11 is 0. The fourth-order valence-electron chi connectivity index (χ4n) is 3.43. The van der Waals surface area contributed by atoms with E-state index in [4.69, 9.17) is 0 Å². The van der Waals surface area contributed by atoms with Crippen LogP contribution in [-0.4, -0.2) is 37.6 Å². The lowest BCUT2D eigenvalue weighted by atomic mass is 9.73. The average Bonchev–Trinajstić information content (AvgIpc) is 2.31. The molecule has 0 radical (unpaired) electrons. The fraction of sp³-hybridized carbons (Fsp3) is 1.00. The van der Waals surface area contributed by atoms with Crippen molar-refractivity contribution in [2.24, 2.45) is 11.3 Å². The van der Waals surface area contributed by atoms with Crippen LogP contribution in [0, 0.1) is 11.3 Å². The summed E-state index contributed by atoms with van der Waals surface area (Å²) in [5, 5.41) is 3.48. The second kappa shape index (κ2) is 5.50. The molecule has 2 saturated heterocycles. The molecule has 0 spiro atoms. The van der Waals surface area contributed by atoms with Crippen LogP contribution in [0.1, 0.15) is 46.0 Å². The maximum absolute atomic E-state index is 3.48. The molecule has 0 atom stereocenters. The summed E-state index contributed by atoms with van der Waals surface area (Å²) in [6, 6.07) is 0. The molecule has 0 unspecified atom stereocenters. The van der Waals surface area contributed by atoms with Crippen molar-refractivity contribution in [2.45, 2.75) is 46.0 Å². The van der Waals surface area contributed by atoms with Gasteiger partial charge in [-0.05, 0) is 63.2 Å². The number of nitrogens with zero attached hydrogens (tertiary/aromatic N) is 1. The zero-order valence-corrected chi connectivity index (χ0v) is 11.1. The topological polar surface area (TPSA) is 15.3 Å². The van der Waals surface area contributed by atoms with Crippen molar-refractivity contribution >= 4 is 0 Å². The van der Waals surface area contributed by atoms with Gasteiger partial charge in [-0.3, -0.25) is 0 Å². The summed E-state index contributed by atoms with van der Waals surface area (Å²) in [4.78, 5) is 2.70. The van der Waals surface area contributed by atoms with Gasteiger partial charge in [-0.25, -0.2) is 0 Å². The van der Waals surface area contributed by atoms with Crippen LogP contribution in [0.5, 0.6) is 0 Å². The molecule has 2 aliphatic heterocycles. The second-order valence-corrected chi connectivity index (χ2v) is 6.35. The largest absolute Gasteiger partial charge is 0.317 e. The van der Waals surface area contributed by atoms with Crippen LogP contribution in [0.2, 0.25) is 0 Å². The van der Waals surface area contributed by atoms with Crippen LogP contribution in [0.3, 0.4) is 0 Å². The van der Waals surface area contributed by atoms with E-state index in [1.165, 1.54) is 64.8 Å². The lowest BCUT2D eigenvalue weighted by Crippen LogP contribution is -2.44. The Balaban J connectivity index is 1.84. The van der Waals surface area contributed by atoms with Gasteiger partial charge in [0.1, 0.15) is 0 Å². The van der Waals surface area contributed by atoms with Crippen molar-refractivity contribution in [1.29, 1.82) is 0 Å². The van der Waals surface area contributed by atoms with Crippen LogP contribution in [0.15, 0.2) is 0 Å². The Hall–Kier alpha value is -0.0800. The highest BCUT2D eigenvalue weighted by molar-refractivity contribution is 4.85. The minimum atomic E-state index is 0.513. The molecule has 0 aromatic rings. The third-order valence-electron chi connectivity index (χ3n) is 4.52. The van der Waals surface area contributed by atoms with E-state index in [9.17, 15) is 0 Å². The van der Waals surface area contributed by atoms with Crippen LogP contribution in [0.4, 0.5) is 0 Å². The molecule has 94 valence electrons. The molecule has 2 heterocycles. The normalized spacial score (nSPS) is 25.9. The summed E-state index contributed by atoms with van der Waals surface area (Å²) < 4.78 is 0. The molecule has 2 heteroatoms. The minimum Gasteiger partial charge on any atom is -0.317 e. The fourth-order valence-corrected chi connectivity index (χ4v) is 3.43. The predicted octanol–water partition coefficient (Wildman–Crippen LogP) is 2.50. The first-order valence-corrected chi connectivity index (χ1v) is 7.11. The van der Waals surface area contributed by atoms with Gasteiger partial charge in [0.2, 0.25) is 0 Å². The third-order valence-corrected chi connectivity index (χ3v) is 4.52. The molecule has 0 amide bonds. The highest BCUT2D eigenvalue weighted by atomic mass is 15.1.